The summed E-state index contributed by atoms with van der Waals surface area (Å²) in [6, 6.07) is 13.5. The molecule has 5 nitrogen and oxygen atoms in total. The van der Waals surface area contributed by atoms with Gasteiger partial charge in [0, 0.05) is 30.2 Å². The van der Waals surface area contributed by atoms with Gasteiger partial charge in [0.05, 0.1) is 5.56 Å². The summed E-state index contributed by atoms with van der Waals surface area (Å²) in [6.07, 6.45) is -0.712. The van der Waals surface area contributed by atoms with Gasteiger partial charge in [-0.1, -0.05) is 18.2 Å². The molecule has 28 heavy (non-hydrogen) atoms. The van der Waals surface area contributed by atoms with Gasteiger partial charge in [-0.3, -0.25) is 4.79 Å². The molecule has 0 spiro atoms. The van der Waals surface area contributed by atoms with Gasteiger partial charge in [0.1, 0.15) is 0 Å². The van der Waals surface area contributed by atoms with E-state index in [-0.39, 0.29) is 5.91 Å². The van der Waals surface area contributed by atoms with E-state index >= 15 is 0 Å². The summed E-state index contributed by atoms with van der Waals surface area (Å²) in [7, 11) is 0. The van der Waals surface area contributed by atoms with Gasteiger partial charge >= 0.3 is 6.18 Å². The lowest BCUT2D eigenvalue weighted by molar-refractivity contribution is -0.137. The molecule has 2 N–H and O–H groups in total. The number of nitrogens with one attached hydrogen (secondary N) is 2. The second kappa shape index (κ2) is 8.51. The van der Waals surface area contributed by atoms with Crippen molar-refractivity contribution < 1.29 is 18.0 Å². The molecule has 0 saturated carbocycles. The molecule has 0 fully saturated rings. The minimum atomic E-state index is -4.35. The van der Waals surface area contributed by atoms with Gasteiger partial charge in [-0.05, 0) is 48.4 Å². The Morgan fingerprint density at radius 1 is 0.964 bits per heavy atom. The molecule has 0 atom stereocenters. The van der Waals surface area contributed by atoms with E-state index in [0.29, 0.717) is 35.7 Å². The molecule has 1 aromatic heterocycles. The van der Waals surface area contributed by atoms with Crippen molar-refractivity contribution in [1.82, 2.24) is 15.3 Å². The fourth-order valence-corrected chi connectivity index (χ4v) is 2.51. The van der Waals surface area contributed by atoms with Crippen molar-refractivity contribution in [3.8, 4) is 0 Å². The number of aromatic nitrogens is 2. The molecule has 8 heteroatoms. The third kappa shape index (κ3) is 5.29. The number of carbonyl (C=O) groups excluding carboxylic acids is 1. The van der Waals surface area contributed by atoms with Crippen LogP contribution in [0.5, 0.6) is 0 Å². The Hall–Kier alpha value is -3.42. The smallest absolute Gasteiger partial charge is 0.352 e. The van der Waals surface area contributed by atoms with E-state index in [4.69, 9.17) is 0 Å². The molecule has 1 amide bonds. The second-order valence-electron chi connectivity index (χ2n) is 5.98. The molecule has 0 aliphatic carbocycles. The van der Waals surface area contributed by atoms with E-state index in [1.807, 2.05) is 0 Å². The zero-order chi connectivity index (χ0) is 20.0. The Morgan fingerprint density at radius 2 is 1.68 bits per heavy atom. The topological polar surface area (TPSA) is 66.9 Å². The van der Waals surface area contributed by atoms with Crippen LogP contribution in [0.1, 0.15) is 21.5 Å². The van der Waals surface area contributed by atoms with Crippen LogP contribution in [-0.4, -0.2) is 22.4 Å². The summed E-state index contributed by atoms with van der Waals surface area (Å²) in [5.74, 6) is 0.145. The van der Waals surface area contributed by atoms with Crippen LogP contribution in [0.4, 0.5) is 24.8 Å². The van der Waals surface area contributed by atoms with E-state index in [9.17, 15) is 18.0 Å². The molecule has 144 valence electrons. The number of rotatable bonds is 6. The highest BCUT2D eigenvalue weighted by molar-refractivity contribution is 5.95. The standard InChI is InChI=1S/C20H17F3N4O/c21-20(22,23)16-7-5-14(6-8-16)9-12-24-18(28)15-3-1-4-17(13-15)27-19-25-10-2-11-26-19/h1-8,10-11,13H,9,12H2,(H,24,28)(H,25,26,27). The van der Waals surface area contributed by atoms with E-state index in [0.717, 1.165) is 12.1 Å². The number of carbonyl (C=O) groups is 1. The average molecular weight is 386 g/mol. The zero-order valence-corrected chi connectivity index (χ0v) is 14.7. The van der Waals surface area contributed by atoms with Crippen molar-refractivity contribution in [2.24, 2.45) is 0 Å². The number of amides is 1. The number of hydrogen-bond acceptors (Lipinski definition) is 4. The van der Waals surface area contributed by atoms with Crippen molar-refractivity contribution >= 4 is 17.5 Å². The minimum absolute atomic E-state index is 0.274. The molecule has 0 aliphatic heterocycles. The maximum atomic E-state index is 12.6. The minimum Gasteiger partial charge on any atom is -0.352 e. The lowest BCUT2D eigenvalue weighted by Crippen LogP contribution is -2.25. The summed E-state index contributed by atoms with van der Waals surface area (Å²) in [5, 5.41) is 5.77. The maximum Gasteiger partial charge on any atom is 0.416 e. The summed E-state index contributed by atoms with van der Waals surface area (Å²) in [6.45, 7) is 0.309. The Kier molecular flexibility index (Phi) is 5.88. The normalized spacial score (nSPS) is 11.1. The highest BCUT2D eigenvalue weighted by Gasteiger charge is 2.29. The Bertz CT molecular complexity index is 928. The maximum absolute atomic E-state index is 12.6. The molecule has 0 aliphatic rings. The summed E-state index contributed by atoms with van der Waals surface area (Å²) < 4.78 is 37.7. The van der Waals surface area contributed by atoms with Crippen molar-refractivity contribution in [1.29, 1.82) is 0 Å². The highest BCUT2D eigenvalue weighted by Crippen LogP contribution is 2.29. The zero-order valence-electron chi connectivity index (χ0n) is 14.7. The number of benzene rings is 2. The molecule has 0 saturated heterocycles. The Labute approximate surface area is 159 Å². The van der Waals surface area contributed by atoms with Crippen LogP contribution >= 0.6 is 0 Å². The van der Waals surface area contributed by atoms with Gasteiger partial charge in [-0.15, -0.1) is 0 Å². The van der Waals surface area contributed by atoms with Crippen molar-refractivity contribution in [2.45, 2.75) is 12.6 Å². The highest BCUT2D eigenvalue weighted by atomic mass is 19.4. The fourth-order valence-electron chi connectivity index (χ4n) is 2.51. The first kappa shape index (κ1) is 19.3. The van der Waals surface area contributed by atoms with Crippen LogP contribution in [0.3, 0.4) is 0 Å². The first-order valence-electron chi connectivity index (χ1n) is 8.50. The molecule has 3 aromatic rings. The fraction of sp³-hybridized carbons (Fsp3) is 0.150. The van der Waals surface area contributed by atoms with Gasteiger partial charge in [0.25, 0.3) is 5.91 Å². The van der Waals surface area contributed by atoms with Crippen molar-refractivity contribution in [3.63, 3.8) is 0 Å². The van der Waals surface area contributed by atoms with Gasteiger partial charge < -0.3 is 10.6 Å². The van der Waals surface area contributed by atoms with Crippen LogP contribution < -0.4 is 10.6 Å². The van der Waals surface area contributed by atoms with Gasteiger partial charge in [-0.25, -0.2) is 9.97 Å². The predicted molar refractivity (Wildman–Crippen MR) is 99.2 cm³/mol. The largest absolute Gasteiger partial charge is 0.416 e. The predicted octanol–water partition coefficient (Wildman–Crippen LogP) is 4.21. The molecule has 3 rings (SSSR count). The van der Waals surface area contributed by atoms with Crippen LogP contribution in [0.25, 0.3) is 0 Å². The molecule has 0 radical (unpaired) electrons. The first-order chi connectivity index (χ1) is 13.4. The van der Waals surface area contributed by atoms with Gasteiger partial charge in [0.2, 0.25) is 5.95 Å². The molecule has 0 bridgehead atoms. The van der Waals surface area contributed by atoms with Crippen molar-refractivity contribution in [3.05, 3.63) is 83.7 Å². The van der Waals surface area contributed by atoms with Crippen LogP contribution in [0, 0.1) is 0 Å². The number of anilines is 2. The van der Waals surface area contributed by atoms with Gasteiger partial charge in [-0.2, -0.15) is 13.2 Å². The monoisotopic (exact) mass is 386 g/mol. The summed E-state index contributed by atoms with van der Waals surface area (Å²) >= 11 is 0. The third-order valence-electron chi connectivity index (χ3n) is 3.93. The molecule has 0 unspecified atom stereocenters. The van der Waals surface area contributed by atoms with Crippen LogP contribution in [-0.2, 0) is 12.6 Å². The number of halogens is 3. The molecule has 1 heterocycles. The van der Waals surface area contributed by atoms with E-state index in [1.54, 1.807) is 42.7 Å². The number of hydrogen-bond donors (Lipinski definition) is 2. The van der Waals surface area contributed by atoms with Gasteiger partial charge in [0.15, 0.2) is 0 Å². The summed E-state index contributed by atoms with van der Waals surface area (Å²) in [5.41, 5.74) is 1.15. The quantitative estimate of drug-likeness (QED) is 0.666. The molecule has 2 aromatic carbocycles. The number of nitrogens with zero attached hydrogens (tertiary/aromatic N) is 2. The first-order valence-corrected chi connectivity index (χ1v) is 8.50. The van der Waals surface area contributed by atoms with E-state index < -0.39 is 11.7 Å². The lowest BCUT2D eigenvalue weighted by Gasteiger charge is -2.09. The van der Waals surface area contributed by atoms with E-state index in [1.165, 1.54) is 12.1 Å². The Balaban J connectivity index is 1.54. The third-order valence-corrected chi connectivity index (χ3v) is 3.93. The molecular formula is C20H17F3N4O. The van der Waals surface area contributed by atoms with Crippen molar-refractivity contribution in [2.75, 3.05) is 11.9 Å². The Morgan fingerprint density at radius 3 is 2.36 bits per heavy atom. The van der Waals surface area contributed by atoms with E-state index in [2.05, 4.69) is 20.6 Å². The lowest BCUT2D eigenvalue weighted by atomic mass is 10.1. The summed E-state index contributed by atoms with van der Waals surface area (Å²) in [4.78, 5) is 20.4. The molecular weight excluding hydrogens is 369 g/mol. The number of alkyl halides is 3. The average Bonchev–Trinajstić information content (AvgIpc) is 2.68. The van der Waals surface area contributed by atoms with Crippen LogP contribution in [0.15, 0.2) is 67.0 Å². The second-order valence-corrected chi connectivity index (χ2v) is 5.98. The van der Waals surface area contributed by atoms with Crippen LogP contribution in [0.2, 0.25) is 0 Å². The SMILES string of the molecule is O=C(NCCc1ccc(C(F)(F)F)cc1)c1cccc(Nc2ncccn2)c1.